The van der Waals surface area contributed by atoms with E-state index in [0.717, 1.165) is 30.4 Å². The van der Waals surface area contributed by atoms with Gasteiger partial charge in [-0.1, -0.05) is 19.9 Å². The van der Waals surface area contributed by atoms with Crippen molar-refractivity contribution in [2.45, 2.75) is 43.4 Å². The van der Waals surface area contributed by atoms with Gasteiger partial charge < -0.3 is 0 Å². The summed E-state index contributed by atoms with van der Waals surface area (Å²) in [6.45, 7) is 5.88. The largest absolute Gasteiger partial charge is 0.286 e. The number of rotatable bonds is 7. The lowest BCUT2D eigenvalue weighted by Gasteiger charge is -2.08. The normalized spacial score (nSPS) is 15.5. The standard InChI is InChI=1S/C17H24N2O3S2/c1-6-8-14(7-2)17(18-4)13(3)19-23(20)15-9-11-16(12-10-15)24(5,21)22/h8-12H,6-7H2,1-5H3/b14-8-,18-17?,19-13?. The van der Waals surface area contributed by atoms with Gasteiger partial charge in [0.1, 0.15) is 0 Å². The summed E-state index contributed by atoms with van der Waals surface area (Å²) in [6, 6.07) is 5.93. The number of aliphatic imine (C=N–C) groups is 1. The molecule has 1 rings (SSSR count). The maximum atomic E-state index is 12.4. The monoisotopic (exact) mass is 368 g/mol. The average Bonchev–Trinajstić information content (AvgIpc) is 2.53. The summed E-state index contributed by atoms with van der Waals surface area (Å²) in [5.41, 5.74) is 2.43. The highest BCUT2D eigenvalue weighted by molar-refractivity contribution is 7.90. The quantitative estimate of drug-likeness (QED) is 0.692. The predicted molar refractivity (Wildman–Crippen MR) is 101 cm³/mol. The lowest BCUT2D eigenvalue weighted by molar-refractivity contribution is 0.601. The third-order valence-corrected chi connectivity index (χ3v) is 5.62. The van der Waals surface area contributed by atoms with Gasteiger partial charge in [0, 0.05) is 13.3 Å². The second kappa shape index (κ2) is 9.03. The first-order valence-electron chi connectivity index (χ1n) is 7.68. The van der Waals surface area contributed by atoms with Gasteiger partial charge in [0.05, 0.1) is 21.2 Å². The van der Waals surface area contributed by atoms with Crippen LogP contribution in [0.25, 0.3) is 0 Å². The second-order valence-electron chi connectivity index (χ2n) is 5.23. The third kappa shape index (κ3) is 5.49. The van der Waals surface area contributed by atoms with Gasteiger partial charge in [0.15, 0.2) is 20.8 Å². The van der Waals surface area contributed by atoms with Gasteiger partial charge in [-0.3, -0.25) is 4.99 Å². The molecule has 0 heterocycles. The minimum Gasteiger partial charge on any atom is -0.286 e. The molecule has 0 bridgehead atoms. The molecule has 1 aromatic rings. The Bertz CT molecular complexity index is 790. The van der Waals surface area contributed by atoms with Crippen molar-refractivity contribution in [2.75, 3.05) is 13.3 Å². The van der Waals surface area contributed by atoms with Gasteiger partial charge in [-0.25, -0.2) is 12.6 Å². The maximum Gasteiger partial charge on any atom is 0.175 e. The summed E-state index contributed by atoms with van der Waals surface area (Å²) in [6.07, 6.45) is 4.94. The van der Waals surface area contributed by atoms with Crippen LogP contribution in [-0.4, -0.2) is 37.4 Å². The van der Waals surface area contributed by atoms with E-state index in [9.17, 15) is 12.6 Å². The van der Waals surface area contributed by atoms with Crippen molar-refractivity contribution in [3.05, 3.63) is 35.9 Å². The zero-order valence-corrected chi connectivity index (χ0v) is 16.4. The van der Waals surface area contributed by atoms with Gasteiger partial charge in [-0.05, 0) is 49.6 Å². The molecule has 0 aliphatic heterocycles. The summed E-state index contributed by atoms with van der Waals surface area (Å²) in [5.74, 6) is 0. The van der Waals surface area contributed by atoms with Crippen molar-refractivity contribution in [3.63, 3.8) is 0 Å². The van der Waals surface area contributed by atoms with E-state index in [1.807, 2.05) is 6.92 Å². The van der Waals surface area contributed by atoms with Crippen LogP contribution in [0.3, 0.4) is 0 Å². The minimum absolute atomic E-state index is 0.193. The molecule has 0 aliphatic carbocycles. The molecule has 132 valence electrons. The molecule has 1 unspecified atom stereocenters. The smallest absolute Gasteiger partial charge is 0.175 e. The fourth-order valence-electron chi connectivity index (χ4n) is 2.22. The van der Waals surface area contributed by atoms with Crippen molar-refractivity contribution in [1.29, 1.82) is 0 Å². The molecule has 5 nitrogen and oxygen atoms in total. The van der Waals surface area contributed by atoms with E-state index in [4.69, 9.17) is 0 Å². The first-order valence-corrected chi connectivity index (χ1v) is 10.7. The Hall–Kier alpha value is -1.60. The molecule has 0 fully saturated rings. The number of hydrogen-bond acceptors (Lipinski definition) is 4. The molecule has 24 heavy (non-hydrogen) atoms. The van der Waals surface area contributed by atoms with Crippen LogP contribution in [0.15, 0.2) is 55.1 Å². The average molecular weight is 369 g/mol. The van der Waals surface area contributed by atoms with Crippen LogP contribution in [0.1, 0.15) is 33.6 Å². The van der Waals surface area contributed by atoms with Crippen LogP contribution >= 0.6 is 0 Å². The van der Waals surface area contributed by atoms with Crippen molar-refractivity contribution in [1.82, 2.24) is 0 Å². The summed E-state index contributed by atoms with van der Waals surface area (Å²) in [7, 11) is -3.18. The summed E-state index contributed by atoms with van der Waals surface area (Å²) < 4.78 is 39.6. The van der Waals surface area contributed by atoms with Crippen molar-refractivity contribution < 1.29 is 12.6 Å². The van der Waals surface area contributed by atoms with Gasteiger partial charge in [0.2, 0.25) is 0 Å². The Balaban J connectivity index is 3.11. The summed E-state index contributed by atoms with van der Waals surface area (Å²) in [5, 5.41) is 0. The van der Waals surface area contributed by atoms with Crippen LogP contribution in [0.4, 0.5) is 0 Å². The molecule has 0 aromatic heterocycles. The molecular weight excluding hydrogens is 344 g/mol. The molecular formula is C17H24N2O3S2. The van der Waals surface area contributed by atoms with Crippen LogP contribution in [-0.2, 0) is 20.8 Å². The molecule has 1 atom stereocenters. The van der Waals surface area contributed by atoms with Gasteiger partial charge in [-0.15, -0.1) is 0 Å². The molecule has 0 saturated carbocycles. The molecule has 0 saturated heterocycles. The summed E-state index contributed by atoms with van der Waals surface area (Å²) in [4.78, 5) is 4.92. The van der Waals surface area contributed by atoms with E-state index >= 15 is 0 Å². The molecule has 0 radical (unpaired) electrons. The second-order valence-corrected chi connectivity index (χ2v) is 8.40. The van der Waals surface area contributed by atoms with E-state index in [0.29, 0.717) is 10.6 Å². The Morgan fingerprint density at radius 1 is 1.21 bits per heavy atom. The first kappa shape index (κ1) is 20.4. The first-order chi connectivity index (χ1) is 11.2. The topological polar surface area (TPSA) is 75.9 Å². The van der Waals surface area contributed by atoms with Crippen LogP contribution in [0.5, 0.6) is 0 Å². The Kier molecular flexibility index (Phi) is 7.69. The molecule has 0 amide bonds. The Labute approximate surface area is 147 Å². The Morgan fingerprint density at radius 3 is 2.21 bits per heavy atom. The van der Waals surface area contributed by atoms with Gasteiger partial charge >= 0.3 is 0 Å². The highest BCUT2D eigenvalue weighted by atomic mass is 32.2. The fraction of sp³-hybridized carbons (Fsp3) is 0.412. The lowest BCUT2D eigenvalue weighted by Crippen LogP contribution is -2.14. The number of allylic oxidation sites excluding steroid dienone is 2. The minimum atomic E-state index is -3.27. The fourth-order valence-corrected chi connectivity index (χ4v) is 3.66. The molecule has 1 aromatic carbocycles. The number of sulfone groups is 1. The lowest BCUT2D eigenvalue weighted by atomic mass is 10.0. The highest BCUT2D eigenvalue weighted by Crippen LogP contribution is 2.15. The van der Waals surface area contributed by atoms with Crippen molar-refractivity contribution in [2.24, 2.45) is 9.39 Å². The van der Waals surface area contributed by atoms with E-state index in [2.05, 4.69) is 22.4 Å². The summed E-state index contributed by atoms with van der Waals surface area (Å²) >= 11 is 0. The number of benzene rings is 1. The molecule has 0 N–H and O–H groups in total. The zero-order valence-electron chi connectivity index (χ0n) is 14.7. The van der Waals surface area contributed by atoms with E-state index in [1.54, 1.807) is 14.0 Å². The molecule has 0 spiro atoms. The van der Waals surface area contributed by atoms with Gasteiger partial charge in [0.25, 0.3) is 0 Å². The van der Waals surface area contributed by atoms with Crippen LogP contribution in [0, 0.1) is 0 Å². The van der Waals surface area contributed by atoms with Gasteiger partial charge in [-0.2, -0.15) is 4.40 Å². The number of hydrogen-bond donors (Lipinski definition) is 0. The van der Waals surface area contributed by atoms with E-state index in [1.165, 1.54) is 24.3 Å². The maximum absolute atomic E-state index is 12.4. The Morgan fingerprint density at radius 2 is 1.79 bits per heavy atom. The SMILES string of the molecule is CC/C=C(/CC)C(=NC)C(C)=NS(=O)c1ccc(S(C)(=O)=O)cc1. The highest BCUT2D eigenvalue weighted by Gasteiger charge is 2.12. The molecule has 7 heteroatoms. The van der Waals surface area contributed by atoms with Crippen LogP contribution in [0.2, 0.25) is 0 Å². The zero-order chi connectivity index (χ0) is 18.3. The van der Waals surface area contributed by atoms with Crippen molar-refractivity contribution >= 4 is 32.2 Å². The van der Waals surface area contributed by atoms with E-state index < -0.39 is 20.8 Å². The van der Waals surface area contributed by atoms with Crippen LogP contribution < -0.4 is 0 Å². The third-order valence-electron chi connectivity index (χ3n) is 3.38. The van der Waals surface area contributed by atoms with E-state index in [-0.39, 0.29) is 4.90 Å². The predicted octanol–water partition coefficient (Wildman–Crippen LogP) is 3.39. The van der Waals surface area contributed by atoms with Crippen molar-refractivity contribution in [3.8, 4) is 0 Å². The molecule has 0 aliphatic rings. The number of nitrogens with zero attached hydrogens (tertiary/aromatic N) is 2.